The maximum atomic E-state index is 5.98. The summed E-state index contributed by atoms with van der Waals surface area (Å²) in [6, 6.07) is 6.10. The summed E-state index contributed by atoms with van der Waals surface area (Å²) in [5.74, 6) is 0.796. The molecule has 0 aliphatic heterocycles. The van der Waals surface area contributed by atoms with E-state index in [1.807, 2.05) is 12.1 Å². The van der Waals surface area contributed by atoms with Crippen LogP contribution in [0.2, 0.25) is 0 Å². The largest absolute Gasteiger partial charge is 0.474 e. The fourth-order valence-electron chi connectivity index (χ4n) is 2.25. The van der Waals surface area contributed by atoms with Crippen LogP contribution in [0.4, 0.5) is 0 Å². The minimum absolute atomic E-state index is 0.0892. The van der Waals surface area contributed by atoms with Crippen molar-refractivity contribution >= 4 is 0 Å². The molecule has 1 fully saturated rings. The number of hydrogen-bond acceptors (Lipinski definition) is 2. The predicted molar refractivity (Wildman–Crippen MR) is 70.4 cm³/mol. The van der Waals surface area contributed by atoms with E-state index in [1.165, 1.54) is 32.1 Å². The first-order valence-electron chi connectivity index (χ1n) is 6.70. The van der Waals surface area contributed by atoms with Crippen molar-refractivity contribution in [1.82, 2.24) is 4.98 Å². The van der Waals surface area contributed by atoms with E-state index in [2.05, 4.69) is 31.8 Å². The Labute approximate surface area is 104 Å². The van der Waals surface area contributed by atoms with Crippen molar-refractivity contribution in [3.8, 4) is 5.88 Å². The molecule has 2 heteroatoms. The molecular weight excluding hydrogens is 210 g/mol. The van der Waals surface area contributed by atoms with Gasteiger partial charge in [0.15, 0.2) is 0 Å². The van der Waals surface area contributed by atoms with Crippen LogP contribution in [0.3, 0.4) is 0 Å². The third kappa shape index (κ3) is 3.45. The number of aromatic nitrogens is 1. The van der Waals surface area contributed by atoms with Gasteiger partial charge in [0.2, 0.25) is 5.88 Å². The van der Waals surface area contributed by atoms with Crippen molar-refractivity contribution in [3.63, 3.8) is 0 Å². The van der Waals surface area contributed by atoms with Crippen molar-refractivity contribution in [3.05, 3.63) is 23.9 Å². The van der Waals surface area contributed by atoms with E-state index in [0.29, 0.717) is 6.10 Å². The molecule has 94 valence electrons. The SMILES string of the molecule is CC(C)(C)c1cccc(OC2CCCCC2)n1. The van der Waals surface area contributed by atoms with Crippen molar-refractivity contribution in [2.24, 2.45) is 0 Å². The van der Waals surface area contributed by atoms with Gasteiger partial charge in [-0.15, -0.1) is 0 Å². The van der Waals surface area contributed by atoms with Crippen LogP contribution in [0, 0.1) is 0 Å². The average molecular weight is 233 g/mol. The molecule has 2 rings (SSSR count). The molecule has 1 aromatic heterocycles. The third-order valence-electron chi connectivity index (χ3n) is 3.33. The van der Waals surface area contributed by atoms with Gasteiger partial charge >= 0.3 is 0 Å². The van der Waals surface area contributed by atoms with E-state index in [1.54, 1.807) is 0 Å². The van der Waals surface area contributed by atoms with Crippen LogP contribution in [0.15, 0.2) is 18.2 Å². The molecule has 2 nitrogen and oxygen atoms in total. The maximum absolute atomic E-state index is 5.98. The summed E-state index contributed by atoms with van der Waals surface area (Å²) in [5.41, 5.74) is 1.19. The van der Waals surface area contributed by atoms with E-state index in [-0.39, 0.29) is 5.41 Å². The normalized spacial score (nSPS) is 18.1. The molecule has 0 spiro atoms. The Balaban J connectivity index is 2.05. The first-order chi connectivity index (χ1) is 8.05. The van der Waals surface area contributed by atoms with Gasteiger partial charge in [-0.1, -0.05) is 33.3 Å². The Kier molecular flexibility index (Phi) is 3.70. The molecule has 17 heavy (non-hydrogen) atoms. The zero-order valence-corrected chi connectivity index (χ0v) is 11.2. The number of rotatable bonds is 2. The summed E-state index contributed by atoms with van der Waals surface area (Å²) in [7, 11) is 0. The lowest BCUT2D eigenvalue weighted by molar-refractivity contribution is 0.148. The monoisotopic (exact) mass is 233 g/mol. The van der Waals surface area contributed by atoms with Gasteiger partial charge in [-0.25, -0.2) is 4.98 Å². The van der Waals surface area contributed by atoms with Gasteiger partial charge in [0.25, 0.3) is 0 Å². The molecular formula is C15H23NO. The third-order valence-corrected chi connectivity index (χ3v) is 3.33. The first-order valence-corrected chi connectivity index (χ1v) is 6.70. The van der Waals surface area contributed by atoms with Crippen molar-refractivity contribution in [2.75, 3.05) is 0 Å². The zero-order chi connectivity index (χ0) is 12.3. The first kappa shape index (κ1) is 12.4. The number of nitrogens with zero attached hydrogens (tertiary/aromatic N) is 1. The summed E-state index contributed by atoms with van der Waals surface area (Å²) in [6.07, 6.45) is 6.69. The molecule has 1 aliphatic rings. The average Bonchev–Trinajstić information content (AvgIpc) is 2.29. The molecule has 1 saturated carbocycles. The van der Waals surface area contributed by atoms with Gasteiger partial charge in [0.05, 0.1) is 0 Å². The highest BCUT2D eigenvalue weighted by Crippen LogP contribution is 2.25. The summed E-state index contributed by atoms with van der Waals surface area (Å²) in [5, 5.41) is 0. The molecule has 0 amide bonds. The minimum atomic E-state index is 0.0892. The smallest absolute Gasteiger partial charge is 0.213 e. The predicted octanol–water partition coefficient (Wildman–Crippen LogP) is 4.09. The van der Waals surface area contributed by atoms with Gasteiger partial charge in [0.1, 0.15) is 6.10 Å². The van der Waals surface area contributed by atoms with Crippen LogP contribution in [0.5, 0.6) is 5.88 Å². The molecule has 1 aliphatic carbocycles. The van der Waals surface area contributed by atoms with Crippen molar-refractivity contribution < 1.29 is 4.74 Å². The second kappa shape index (κ2) is 5.07. The van der Waals surface area contributed by atoms with Gasteiger partial charge in [0, 0.05) is 17.2 Å². The Hall–Kier alpha value is -1.05. The second-order valence-corrected chi connectivity index (χ2v) is 5.99. The van der Waals surface area contributed by atoms with E-state index < -0.39 is 0 Å². The zero-order valence-electron chi connectivity index (χ0n) is 11.2. The summed E-state index contributed by atoms with van der Waals surface area (Å²) in [6.45, 7) is 6.54. The number of ether oxygens (including phenoxy) is 1. The van der Waals surface area contributed by atoms with Gasteiger partial charge in [-0.3, -0.25) is 0 Å². The van der Waals surface area contributed by atoms with Crippen LogP contribution >= 0.6 is 0 Å². The number of pyridine rings is 1. The van der Waals surface area contributed by atoms with Gasteiger partial charge in [-0.05, 0) is 31.7 Å². The van der Waals surface area contributed by atoms with Crippen LogP contribution in [-0.4, -0.2) is 11.1 Å². The van der Waals surface area contributed by atoms with Crippen LogP contribution in [-0.2, 0) is 5.41 Å². The molecule has 0 aromatic carbocycles. The van der Waals surface area contributed by atoms with Crippen LogP contribution < -0.4 is 4.74 Å². The molecule has 0 radical (unpaired) electrons. The van der Waals surface area contributed by atoms with E-state index in [9.17, 15) is 0 Å². The molecule has 1 heterocycles. The van der Waals surface area contributed by atoms with E-state index >= 15 is 0 Å². The minimum Gasteiger partial charge on any atom is -0.474 e. The Morgan fingerprint density at radius 2 is 1.82 bits per heavy atom. The van der Waals surface area contributed by atoms with Crippen LogP contribution in [0.1, 0.15) is 58.6 Å². The quantitative estimate of drug-likeness (QED) is 0.767. The summed E-state index contributed by atoms with van der Waals surface area (Å²) >= 11 is 0. The molecule has 0 unspecified atom stereocenters. The topological polar surface area (TPSA) is 22.1 Å². The standard InChI is InChI=1S/C15H23NO/c1-15(2,3)13-10-7-11-14(16-13)17-12-8-5-4-6-9-12/h7,10-12H,4-6,8-9H2,1-3H3. The van der Waals surface area contributed by atoms with Crippen LogP contribution in [0.25, 0.3) is 0 Å². The van der Waals surface area contributed by atoms with Gasteiger partial charge < -0.3 is 4.74 Å². The summed E-state index contributed by atoms with van der Waals surface area (Å²) in [4.78, 5) is 4.62. The number of hydrogen-bond donors (Lipinski definition) is 0. The Morgan fingerprint density at radius 1 is 1.12 bits per heavy atom. The highest BCUT2D eigenvalue weighted by Gasteiger charge is 2.18. The van der Waals surface area contributed by atoms with Crippen molar-refractivity contribution in [2.45, 2.75) is 64.4 Å². The second-order valence-electron chi connectivity index (χ2n) is 5.99. The molecule has 0 atom stereocenters. The maximum Gasteiger partial charge on any atom is 0.213 e. The molecule has 0 saturated heterocycles. The van der Waals surface area contributed by atoms with Crippen molar-refractivity contribution in [1.29, 1.82) is 0 Å². The fourth-order valence-corrected chi connectivity index (χ4v) is 2.25. The van der Waals surface area contributed by atoms with E-state index in [0.717, 1.165) is 11.6 Å². The van der Waals surface area contributed by atoms with Gasteiger partial charge in [-0.2, -0.15) is 0 Å². The summed E-state index contributed by atoms with van der Waals surface area (Å²) < 4.78 is 5.98. The molecule has 1 aromatic rings. The lowest BCUT2D eigenvalue weighted by atomic mass is 9.92. The lowest BCUT2D eigenvalue weighted by Gasteiger charge is -2.24. The molecule has 0 bridgehead atoms. The highest BCUT2D eigenvalue weighted by molar-refractivity contribution is 5.21. The molecule has 0 N–H and O–H groups in total. The fraction of sp³-hybridized carbons (Fsp3) is 0.667. The van der Waals surface area contributed by atoms with E-state index in [4.69, 9.17) is 4.74 Å². The highest BCUT2D eigenvalue weighted by atomic mass is 16.5. The Bertz CT molecular complexity index is 361. The lowest BCUT2D eigenvalue weighted by Crippen LogP contribution is -2.21. The Morgan fingerprint density at radius 3 is 2.47 bits per heavy atom.